The van der Waals surface area contributed by atoms with Crippen molar-refractivity contribution in [3.8, 4) is 67.7 Å². The Balaban J connectivity index is 1.11. The van der Waals surface area contributed by atoms with Gasteiger partial charge in [-0.05, 0) is 133 Å². The highest BCUT2D eigenvalue weighted by Crippen LogP contribution is 2.40. The highest BCUT2D eigenvalue weighted by Gasteiger charge is 2.18. The molecule has 294 valence electrons. The lowest BCUT2D eigenvalue weighted by Gasteiger charge is -2.15. The zero-order chi connectivity index (χ0) is 41.9. The summed E-state index contributed by atoms with van der Waals surface area (Å²) in [6.45, 7) is 2.03. The number of rotatable bonds is 6. The third-order valence-electron chi connectivity index (χ3n) is 12.2. The fraction of sp³-hybridized carbons (Fsp3) is 0.0172. The van der Waals surface area contributed by atoms with Crippen molar-refractivity contribution in [3.63, 3.8) is 0 Å². The summed E-state index contributed by atoms with van der Waals surface area (Å²) < 4.78 is 0. The van der Waals surface area contributed by atoms with E-state index in [1.807, 2.05) is 13.1 Å². The first-order valence-electron chi connectivity index (χ1n) is 21.2. The highest BCUT2D eigenvalue weighted by atomic mass is 15.0. The quantitative estimate of drug-likeness (QED) is 0.157. The Labute approximate surface area is 364 Å². The van der Waals surface area contributed by atoms with Crippen LogP contribution in [0, 0.1) is 6.92 Å². The number of aromatic nitrogens is 5. The minimum Gasteiger partial charge on any atom is -0.256 e. The van der Waals surface area contributed by atoms with Gasteiger partial charge in [-0.1, -0.05) is 140 Å². The van der Waals surface area contributed by atoms with E-state index in [1.165, 1.54) is 21.5 Å². The minimum atomic E-state index is 0.580. The number of hydrogen-bond donors (Lipinski definition) is 0. The Bertz CT molecular complexity index is 3680. The molecule has 0 aliphatic rings. The maximum atomic E-state index is 5.31. The molecule has 3 heterocycles. The monoisotopic (exact) mass is 803 g/mol. The lowest BCUT2D eigenvalue weighted by molar-refractivity contribution is 1.08. The molecule has 0 amide bonds. The molecule has 12 rings (SSSR count). The molecule has 5 nitrogen and oxygen atoms in total. The molecule has 5 heteroatoms. The first-order valence-corrected chi connectivity index (χ1v) is 21.2. The summed E-state index contributed by atoms with van der Waals surface area (Å²) in [5, 5.41) is 10.4. The summed E-state index contributed by atoms with van der Waals surface area (Å²) in [4.78, 5) is 25.7. The minimum absolute atomic E-state index is 0.580. The summed E-state index contributed by atoms with van der Waals surface area (Å²) in [6.07, 6.45) is 1.90. The second-order valence-electron chi connectivity index (χ2n) is 16.2. The standard InChI is InChI=1S/C58H37N5/c1-36-21-26-52-49(19-10-20-54(52)60-36)42-27-28-59-55(35-42)46-31-45(53-34-41-15-6-7-16-48(41)50-17-8-9-18-51(50)53)32-47(33-46)58-62-56(43-24-22-37-11-2-4-13-39(37)29-43)61-57(63-58)44-25-23-38-12-3-5-14-40(38)30-44/h2-35H,1H3. The largest absolute Gasteiger partial charge is 0.256 e. The lowest BCUT2D eigenvalue weighted by atomic mass is 9.90. The Morgan fingerprint density at radius 2 is 0.889 bits per heavy atom. The average Bonchev–Trinajstić information content (AvgIpc) is 3.35. The molecular formula is C58H37N5. The molecule has 12 aromatic rings. The van der Waals surface area contributed by atoms with Crippen LogP contribution in [0.2, 0.25) is 0 Å². The molecular weight excluding hydrogens is 767 g/mol. The second kappa shape index (κ2) is 14.9. The van der Waals surface area contributed by atoms with Crippen molar-refractivity contribution >= 4 is 54.0 Å². The molecule has 0 N–H and O–H groups in total. The summed E-state index contributed by atoms with van der Waals surface area (Å²) >= 11 is 0. The first kappa shape index (κ1) is 36.4. The van der Waals surface area contributed by atoms with Gasteiger partial charge < -0.3 is 0 Å². The molecule has 0 radical (unpaired) electrons. The van der Waals surface area contributed by atoms with E-state index in [0.717, 1.165) is 88.3 Å². The number of nitrogens with zero attached hydrogens (tertiary/aromatic N) is 5. The van der Waals surface area contributed by atoms with E-state index in [1.54, 1.807) is 0 Å². The van der Waals surface area contributed by atoms with Crippen LogP contribution in [0.25, 0.3) is 122 Å². The normalized spacial score (nSPS) is 11.6. The summed E-state index contributed by atoms with van der Waals surface area (Å²) in [5.74, 6) is 1.80. The van der Waals surface area contributed by atoms with Crippen molar-refractivity contribution in [1.29, 1.82) is 0 Å². The third kappa shape index (κ3) is 6.64. The molecule has 0 aliphatic heterocycles. The molecule has 3 aromatic heterocycles. The van der Waals surface area contributed by atoms with Gasteiger partial charge in [-0.15, -0.1) is 0 Å². The summed E-state index contributed by atoms with van der Waals surface area (Å²) in [5.41, 5.74) is 10.8. The lowest BCUT2D eigenvalue weighted by Crippen LogP contribution is -2.01. The molecule has 0 bridgehead atoms. The topological polar surface area (TPSA) is 64.5 Å². The van der Waals surface area contributed by atoms with Gasteiger partial charge in [-0.3, -0.25) is 9.97 Å². The van der Waals surface area contributed by atoms with Crippen molar-refractivity contribution in [1.82, 2.24) is 24.9 Å². The number of hydrogen-bond acceptors (Lipinski definition) is 5. The van der Waals surface area contributed by atoms with Gasteiger partial charge >= 0.3 is 0 Å². The molecule has 9 aromatic carbocycles. The van der Waals surface area contributed by atoms with E-state index in [-0.39, 0.29) is 0 Å². The predicted molar refractivity (Wildman–Crippen MR) is 260 cm³/mol. The number of fused-ring (bicyclic) bond motifs is 6. The second-order valence-corrected chi connectivity index (χ2v) is 16.2. The van der Waals surface area contributed by atoms with E-state index in [0.29, 0.717) is 17.5 Å². The molecule has 0 saturated carbocycles. The van der Waals surface area contributed by atoms with Crippen molar-refractivity contribution < 1.29 is 0 Å². The van der Waals surface area contributed by atoms with Crippen LogP contribution in [-0.4, -0.2) is 24.9 Å². The molecule has 0 aliphatic carbocycles. The van der Waals surface area contributed by atoms with Gasteiger partial charge in [-0.25, -0.2) is 15.0 Å². The number of pyridine rings is 2. The van der Waals surface area contributed by atoms with Gasteiger partial charge in [0.15, 0.2) is 17.5 Å². The van der Waals surface area contributed by atoms with E-state index in [4.69, 9.17) is 24.9 Å². The zero-order valence-corrected chi connectivity index (χ0v) is 34.4. The number of aryl methyl sites for hydroxylation is 1. The Kier molecular flexibility index (Phi) is 8.64. The molecule has 0 fully saturated rings. The van der Waals surface area contributed by atoms with Crippen molar-refractivity contribution in [3.05, 3.63) is 212 Å². The average molecular weight is 804 g/mol. The predicted octanol–water partition coefficient (Wildman–Crippen LogP) is 14.7. The van der Waals surface area contributed by atoms with Crippen LogP contribution in [0.3, 0.4) is 0 Å². The van der Waals surface area contributed by atoms with Crippen LogP contribution in [0.1, 0.15) is 5.69 Å². The molecule has 0 unspecified atom stereocenters. The molecule has 63 heavy (non-hydrogen) atoms. The van der Waals surface area contributed by atoms with Gasteiger partial charge in [0.25, 0.3) is 0 Å². The first-order chi connectivity index (χ1) is 31.1. The molecule has 0 saturated heterocycles. The van der Waals surface area contributed by atoms with Gasteiger partial charge in [0.2, 0.25) is 0 Å². The van der Waals surface area contributed by atoms with Gasteiger partial charge in [0, 0.05) is 39.5 Å². The summed E-state index contributed by atoms with van der Waals surface area (Å²) in [7, 11) is 0. The Morgan fingerprint density at radius 3 is 1.60 bits per heavy atom. The third-order valence-corrected chi connectivity index (χ3v) is 12.2. The zero-order valence-electron chi connectivity index (χ0n) is 34.4. The SMILES string of the molecule is Cc1ccc2c(-c3ccnc(-c4cc(-c5nc(-c6ccc7ccccc7c6)nc(-c6ccc7ccccc7c6)n5)cc(-c5cc6ccccc6c6ccccc56)c4)c3)cccc2n1. The van der Waals surface area contributed by atoms with Crippen LogP contribution in [-0.2, 0) is 0 Å². The number of benzene rings is 9. The van der Waals surface area contributed by atoms with E-state index in [9.17, 15) is 0 Å². The van der Waals surface area contributed by atoms with E-state index < -0.39 is 0 Å². The Hall–Kier alpha value is -8.41. The van der Waals surface area contributed by atoms with Crippen LogP contribution in [0.4, 0.5) is 0 Å². The highest BCUT2D eigenvalue weighted by molar-refractivity contribution is 6.14. The maximum Gasteiger partial charge on any atom is 0.164 e. The molecule has 0 atom stereocenters. The van der Waals surface area contributed by atoms with Crippen LogP contribution in [0.5, 0.6) is 0 Å². The Morgan fingerprint density at radius 1 is 0.302 bits per heavy atom. The van der Waals surface area contributed by atoms with E-state index in [2.05, 4.69) is 200 Å². The van der Waals surface area contributed by atoms with Crippen LogP contribution >= 0.6 is 0 Å². The van der Waals surface area contributed by atoms with Crippen molar-refractivity contribution in [2.24, 2.45) is 0 Å². The van der Waals surface area contributed by atoms with Crippen LogP contribution < -0.4 is 0 Å². The smallest absolute Gasteiger partial charge is 0.164 e. The van der Waals surface area contributed by atoms with Gasteiger partial charge in [0.1, 0.15) is 0 Å². The maximum absolute atomic E-state index is 5.31. The van der Waals surface area contributed by atoms with Crippen molar-refractivity contribution in [2.45, 2.75) is 6.92 Å². The van der Waals surface area contributed by atoms with Gasteiger partial charge in [0.05, 0.1) is 11.2 Å². The van der Waals surface area contributed by atoms with Gasteiger partial charge in [-0.2, -0.15) is 0 Å². The van der Waals surface area contributed by atoms with E-state index >= 15 is 0 Å². The fourth-order valence-corrected chi connectivity index (χ4v) is 9.04. The van der Waals surface area contributed by atoms with Crippen LogP contribution in [0.15, 0.2) is 206 Å². The summed E-state index contributed by atoms with van der Waals surface area (Å²) in [6, 6.07) is 70.7. The fourth-order valence-electron chi connectivity index (χ4n) is 9.04. The van der Waals surface area contributed by atoms with Crippen molar-refractivity contribution in [2.75, 3.05) is 0 Å². The molecule has 0 spiro atoms.